The van der Waals surface area contributed by atoms with E-state index < -0.39 is 5.97 Å². The van der Waals surface area contributed by atoms with Crippen molar-refractivity contribution in [3.05, 3.63) is 42.5 Å². The number of carbonyl (C=O) groups is 1. The van der Waals surface area contributed by atoms with Crippen molar-refractivity contribution in [2.75, 3.05) is 7.11 Å². The number of nitrogens with one attached hydrogen (secondary N) is 1. The molecule has 0 bridgehead atoms. The zero-order valence-electron chi connectivity index (χ0n) is 11.7. The molecule has 0 radical (unpaired) electrons. The van der Waals surface area contributed by atoms with E-state index in [0.717, 1.165) is 16.6 Å². The minimum atomic E-state index is -0.393. The van der Waals surface area contributed by atoms with E-state index in [9.17, 15) is 4.79 Å². The molecule has 0 unspecified atom stereocenters. The molecule has 1 aromatic heterocycles. The Balaban J connectivity index is 2.07. The Morgan fingerprint density at radius 3 is 2.67 bits per heavy atom. The normalized spacial score (nSPS) is 10.6. The average molecular weight is 282 g/mol. The minimum absolute atomic E-state index is 0.378. The van der Waals surface area contributed by atoms with Gasteiger partial charge in [0.25, 0.3) is 0 Å². The van der Waals surface area contributed by atoms with Gasteiger partial charge in [0.2, 0.25) is 0 Å². The van der Waals surface area contributed by atoms with Crippen molar-refractivity contribution < 1.29 is 14.3 Å². The maximum absolute atomic E-state index is 11.2. The monoisotopic (exact) mass is 282 g/mol. The van der Waals surface area contributed by atoms with Crippen LogP contribution in [0.4, 0.5) is 0 Å². The number of esters is 1. The molecular formula is C16H14N2O3. The molecule has 3 aromatic rings. The highest BCUT2D eigenvalue weighted by Gasteiger charge is 2.11. The summed E-state index contributed by atoms with van der Waals surface area (Å²) in [7, 11) is 1.53. The molecule has 1 N–H and O–H groups in total. The average Bonchev–Trinajstić information content (AvgIpc) is 2.90. The fraction of sp³-hybridized carbons (Fsp3) is 0.125. The van der Waals surface area contributed by atoms with Gasteiger partial charge in [0.1, 0.15) is 5.82 Å². The first-order chi connectivity index (χ1) is 10.2. The first kappa shape index (κ1) is 13.2. The third kappa shape index (κ3) is 2.58. The van der Waals surface area contributed by atoms with Crippen LogP contribution in [0.2, 0.25) is 0 Å². The second kappa shape index (κ2) is 5.28. The van der Waals surface area contributed by atoms with Crippen LogP contribution in [0.5, 0.6) is 11.5 Å². The van der Waals surface area contributed by atoms with E-state index >= 15 is 0 Å². The number of methoxy groups -OCH3 is 1. The van der Waals surface area contributed by atoms with E-state index in [1.54, 1.807) is 12.1 Å². The van der Waals surface area contributed by atoms with Gasteiger partial charge in [-0.25, -0.2) is 4.98 Å². The summed E-state index contributed by atoms with van der Waals surface area (Å²) < 4.78 is 10.4. The number of nitrogens with zero attached hydrogens (tertiary/aromatic N) is 1. The number of hydrogen-bond donors (Lipinski definition) is 1. The third-order valence-electron chi connectivity index (χ3n) is 3.08. The fourth-order valence-corrected chi connectivity index (χ4v) is 2.15. The van der Waals surface area contributed by atoms with Crippen molar-refractivity contribution in [1.82, 2.24) is 9.97 Å². The smallest absolute Gasteiger partial charge is 0.308 e. The Hall–Kier alpha value is -2.82. The number of benzene rings is 2. The molecule has 5 heteroatoms. The van der Waals surface area contributed by atoms with Crippen LogP contribution in [0.25, 0.3) is 22.4 Å². The predicted molar refractivity (Wildman–Crippen MR) is 79.4 cm³/mol. The number of para-hydroxylation sites is 2. The van der Waals surface area contributed by atoms with Crippen molar-refractivity contribution in [3.63, 3.8) is 0 Å². The molecule has 2 aromatic carbocycles. The largest absolute Gasteiger partial charge is 0.493 e. The number of H-pyrrole nitrogens is 1. The lowest BCUT2D eigenvalue weighted by molar-refractivity contribution is -0.132. The van der Waals surface area contributed by atoms with E-state index in [1.165, 1.54) is 14.0 Å². The zero-order chi connectivity index (χ0) is 14.8. The molecular weight excluding hydrogens is 268 g/mol. The Morgan fingerprint density at radius 2 is 1.95 bits per heavy atom. The minimum Gasteiger partial charge on any atom is -0.493 e. The highest BCUT2D eigenvalue weighted by Crippen LogP contribution is 2.32. The molecule has 0 saturated heterocycles. The van der Waals surface area contributed by atoms with E-state index in [4.69, 9.17) is 9.47 Å². The fourth-order valence-electron chi connectivity index (χ4n) is 2.15. The van der Waals surface area contributed by atoms with Crippen LogP contribution < -0.4 is 9.47 Å². The van der Waals surface area contributed by atoms with E-state index in [0.29, 0.717) is 17.3 Å². The van der Waals surface area contributed by atoms with Gasteiger partial charge in [0.15, 0.2) is 11.5 Å². The van der Waals surface area contributed by atoms with Gasteiger partial charge in [-0.1, -0.05) is 12.1 Å². The maximum Gasteiger partial charge on any atom is 0.308 e. The Labute approximate surface area is 121 Å². The van der Waals surface area contributed by atoms with Crippen molar-refractivity contribution in [1.29, 1.82) is 0 Å². The molecule has 1 heterocycles. The zero-order valence-corrected chi connectivity index (χ0v) is 11.7. The molecule has 5 nitrogen and oxygen atoms in total. The highest BCUT2D eigenvalue weighted by atomic mass is 16.6. The van der Waals surface area contributed by atoms with E-state index in [1.807, 2.05) is 30.3 Å². The van der Waals surface area contributed by atoms with Crippen molar-refractivity contribution in [3.8, 4) is 22.9 Å². The van der Waals surface area contributed by atoms with Crippen LogP contribution in [0.3, 0.4) is 0 Å². The lowest BCUT2D eigenvalue weighted by Crippen LogP contribution is -2.03. The van der Waals surface area contributed by atoms with Gasteiger partial charge < -0.3 is 14.5 Å². The van der Waals surface area contributed by atoms with Crippen LogP contribution in [-0.2, 0) is 4.79 Å². The molecule has 0 aliphatic carbocycles. The molecule has 0 aliphatic heterocycles. The SMILES string of the molecule is COc1ccc(-c2nc3ccccc3[nH]2)cc1OC(C)=O. The molecule has 0 saturated carbocycles. The standard InChI is InChI=1S/C16H14N2O3/c1-10(19)21-15-9-11(7-8-14(15)20-2)16-17-12-5-3-4-6-13(12)18-16/h3-9H,1-2H3,(H,17,18). The van der Waals surface area contributed by atoms with Gasteiger partial charge in [-0.15, -0.1) is 0 Å². The summed E-state index contributed by atoms with van der Waals surface area (Å²) in [5, 5.41) is 0. The summed E-state index contributed by atoms with van der Waals surface area (Å²) in [5.41, 5.74) is 2.66. The van der Waals surface area contributed by atoms with Gasteiger partial charge in [0, 0.05) is 12.5 Å². The number of ether oxygens (including phenoxy) is 2. The number of rotatable bonds is 3. The van der Waals surface area contributed by atoms with E-state index in [2.05, 4.69) is 9.97 Å². The molecule has 0 fully saturated rings. The number of fused-ring (bicyclic) bond motifs is 1. The molecule has 0 atom stereocenters. The summed E-state index contributed by atoms with van der Waals surface area (Å²) in [6.07, 6.45) is 0. The van der Waals surface area contributed by atoms with E-state index in [-0.39, 0.29) is 0 Å². The summed E-state index contributed by atoms with van der Waals surface area (Å²) >= 11 is 0. The number of carbonyl (C=O) groups excluding carboxylic acids is 1. The summed E-state index contributed by atoms with van der Waals surface area (Å²) in [6, 6.07) is 13.1. The number of hydrogen-bond acceptors (Lipinski definition) is 4. The van der Waals surface area contributed by atoms with Crippen molar-refractivity contribution in [2.24, 2.45) is 0 Å². The topological polar surface area (TPSA) is 64.2 Å². The van der Waals surface area contributed by atoms with Crippen LogP contribution in [-0.4, -0.2) is 23.0 Å². The third-order valence-corrected chi connectivity index (χ3v) is 3.08. The van der Waals surface area contributed by atoms with Gasteiger partial charge in [-0.2, -0.15) is 0 Å². The quantitative estimate of drug-likeness (QED) is 0.592. The lowest BCUT2D eigenvalue weighted by Gasteiger charge is -2.08. The van der Waals surface area contributed by atoms with Gasteiger partial charge in [-0.3, -0.25) is 4.79 Å². The van der Waals surface area contributed by atoms with Gasteiger partial charge >= 0.3 is 5.97 Å². The van der Waals surface area contributed by atoms with Gasteiger partial charge in [0.05, 0.1) is 18.1 Å². The van der Waals surface area contributed by atoms with Crippen LogP contribution in [0.1, 0.15) is 6.92 Å². The Bertz CT molecular complexity index is 775. The van der Waals surface area contributed by atoms with Crippen molar-refractivity contribution >= 4 is 17.0 Å². The molecule has 3 rings (SSSR count). The Kier molecular flexibility index (Phi) is 3.31. The summed E-state index contributed by atoms with van der Waals surface area (Å²) in [5.74, 6) is 1.20. The lowest BCUT2D eigenvalue weighted by atomic mass is 10.2. The highest BCUT2D eigenvalue weighted by molar-refractivity contribution is 5.80. The summed E-state index contributed by atoms with van der Waals surface area (Å²) in [4.78, 5) is 18.9. The second-order valence-corrected chi connectivity index (χ2v) is 4.56. The second-order valence-electron chi connectivity index (χ2n) is 4.56. The van der Waals surface area contributed by atoms with Crippen LogP contribution >= 0.6 is 0 Å². The molecule has 0 spiro atoms. The predicted octanol–water partition coefficient (Wildman–Crippen LogP) is 3.16. The number of aromatic amines is 1. The van der Waals surface area contributed by atoms with Crippen molar-refractivity contribution in [2.45, 2.75) is 6.92 Å². The maximum atomic E-state index is 11.2. The first-order valence-corrected chi connectivity index (χ1v) is 6.49. The van der Waals surface area contributed by atoms with Gasteiger partial charge in [-0.05, 0) is 30.3 Å². The van der Waals surface area contributed by atoms with Crippen LogP contribution in [0.15, 0.2) is 42.5 Å². The summed E-state index contributed by atoms with van der Waals surface area (Å²) in [6.45, 7) is 1.35. The first-order valence-electron chi connectivity index (χ1n) is 6.49. The molecule has 0 aliphatic rings. The molecule has 21 heavy (non-hydrogen) atoms. The Morgan fingerprint density at radius 1 is 1.14 bits per heavy atom. The number of aromatic nitrogens is 2. The molecule has 106 valence electrons. The number of imidazole rings is 1. The van der Waals surface area contributed by atoms with Crippen LogP contribution in [0, 0.1) is 0 Å². The molecule has 0 amide bonds.